The number of carbonyl (C=O) groups excluding carboxylic acids is 1. The van der Waals surface area contributed by atoms with Crippen molar-refractivity contribution in [1.82, 2.24) is 0 Å². The van der Waals surface area contributed by atoms with E-state index in [2.05, 4.69) is 0 Å². The van der Waals surface area contributed by atoms with Gasteiger partial charge in [0, 0.05) is 5.02 Å². The van der Waals surface area contributed by atoms with Gasteiger partial charge < -0.3 is 9.47 Å². The van der Waals surface area contributed by atoms with Crippen molar-refractivity contribution in [3.63, 3.8) is 0 Å². The third kappa shape index (κ3) is 3.83. The lowest BCUT2D eigenvalue weighted by atomic mass is 10.1. The molecule has 0 atom stereocenters. The van der Waals surface area contributed by atoms with E-state index in [-0.39, 0.29) is 12.4 Å². The average molecular weight is 291 g/mol. The maximum Gasteiger partial charge on any atom is 0.192 e. The number of halogens is 1. The number of methoxy groups -OCH3 is 1. The second-order valence-electron chi connectivity index (χ2n) is 4.25. The van der Waals surface area contributed by atoms with Crippen molar-refractivity contribution >= 4 is 17.4 Å². The molecule has 104 valence electrons. The van der Waals surface area contributed by atoms with Gasteiger partial charge in [0.15, 0.2) is 5.78 Å². The van der Waals surface area contributed by atoms with Gasteiger partial charge in [-0.05, 0) is 23.8 Å². The fourth-order valence-electron chi connectivity index (χ4n) is 1.81. The Morgan fingerprint density at radius 3 is 2.60 bits per heavy atom. The lowest BCUT2D eigenvalue weighted by Gasteiger charge is -2.08. The van der Waals surface area contributed by atoms with Crippen molar-refractivity contribution < 1.29 is 14.3 Å². The van der Waals surface area contributed by atoms with E-state index in [9.17, 15) is 4.79 Å². The first-order valence-electron chi connectivity index (χ1n) is 6.19. The van der Waals surface area contributed by atoms with E-state index in [1.165, 1.54) is 7.11 Å². The summed E-state index contributed by atoms with van der Waals surface area (Å²) in [6.07, 6.45) is 0. The third-order valence-electron chi connectivity index (χ3n) is 2.81. The molecule has 0 fully saturated rings. The smallest absolute Gasteiger partial charge is 0.192 e. The lowest BCUT2D eigenvalue weighted by Crippen LogP contribution is -2.10. The van der Waals surface area contributed by atoms with Crippen molar-refractivity contribution in [2.75, 3.05) is 13.7 Å². The van der Waals surface area contributed by atoms with Gasteiger partial charge in [0.05, 0.1) is 19.3 Å². The van der Waals surface area contributed by atoms with Crippen LogP contribution in [0.5, 0.6) is 5.75 Å². The summed E-state index contributed by atoms with van der Waals surface area (Å²) in [4.78, 5) is 12.1. The highest BCUT2D eigenvalue weighted by atomic mass is 35.5. The van der Waals surface area contributed by atoms with Crippen LogP contribution in [0.15, 0.2) is 48.5 Å². The first-order valence-corrected chi connectivity index (χ1v) is 6.57. The summed E-state index contributed by atoms with van der Waals surface area (Å²) < 4.78 is 10.6. The molecule has 0 spiro atoms. The van der Waals surface area contributed by atoms with Gasteiger partial charge in [-0.25, -0.2) is 0 Å². The molecule has 0 aromatic heterocycles. The highest BCUT2D eigenvalue weighted by molar-refractivity contribution is 6.31. The van der Waals surface area contributed by atoms with E-state index < -0.39 is 0 Å². The zero-order valence-corrected chi connectivity index (χ0v) is 11.9. The molecule has 0 aliphatic carbocycles. The fourth-order valence-corrected chi connectivity index (χ4v) is 1.98. The Morgan fingerprint density at radius 1 is 1.15 bits per heavy atom. The predicted octanol–water partition coefficient (Wildman–Crippen LogP) is 3.75. The average Bonchev–Trinajstić information content (AvgIpc) is 2.48. The summed E-state index contributed by atoms with van der Waals surface area (Å²) in [5.41, 5.74) is 1.46. The molecule has 2 rings (SSSR count). The Morgan fingerprint density at radius 2 is 1.90 bits per heavy atom. The SMILES string of the molecule is COc1ccc(Cl)cc1C(=O)COCc1ccccc1. The minimum Gasteiger partial charge on any atom is -0.496 e. The van der Waals surface area contributed by atoms with Crippen LogP contribution in [0.3, 0.4) is 0 Å². The van der Waals surface area contributed by atoms with Gasteiger partial charge in [-0.3, -0.25) is 4.79 Å². The number of carbonyl (C=O) groups is 1. The molecule has 20 heavy (non-hydrogen) atoms. The second-order valence-corrected chi connectivity index (χ2v) is 4.68. The molecule has 0 radical (unpaired) electrons. The molecule has 0 unspecified atom stereocenters. The zero-order chi connectivity index (χ0) is 14.4. The minimum absolute atomic E-state index is 0.00834. The maximum absolute atomic E-state index is 12.1. The first-order chi connectivity index (χ1) is 9.70. The Hall–Kier alpha value is -1.84. The van der Waals surface area contributed by atoms with Crippen LogP contribution in [0, 0.1) is 0 Å². The van der Waals surface area contributed by atoms with Crippen LogP contribution in [0.4, 0.5) is 0 Å². The van der Waals surface area contributed by atoms with Crippen molar-refractivity contribution in [3.05, 3.63) is 64.7 Å². The van der Waals surface area contributed by atoms with Crippen LogP contribution in [-0.4, -0.2) is 19.5 Å². The first kappa shape index (κ1) is 14.6. The number of ketones is 1. The Kier molecular flexibility index (Phi) is 5.16. The molecule has 0 amide bonds. The molecular weight excluding hydrogens is 276 g/mol. The molecule has 4 heteroatoms. The van der Waals surface area contributed by atoms with Gasteiger partial charge in [-0.2, -0.15) is 0 Å². The van der Waals surface area contributed by atoms with Crippen molar-refractivity contribution in [2.45, 2.75) is 6.61 Å². The zero-order valence-electron chi connectivity index (χ0n) is 11.1. The van der Waals surface area contributed by atoms with Gasteiger partial charge in [0.2, 0.25) is 0 Å². The number of hydrogen-bond donors (Lipinski definition) is 0. The molecular formula is C16H15ClO3. The molecule has 0 N–H and O–H groups in total. The summed E-state index contributed by atoms with van der Waals surface area (Å²) >= 11 is 5.90. The number of ether oxygens (including phenoxy) is 2. The normalized spacial score (nSPS) is 10.3. The summed E-state index contributed by atoms with van der Waals surface area (Å²) in [5, 5.41) is 0.497. The van der Waals surface area contributed by atoms with Crippen molar-refractivity contribution in [2.24, 2.45) is 0 Å². The molecule has 0 aliphatic rings. The number of rotatable bonds is 6. The summed E-state index contributed by atoms with van der Waals surface area (Å²) in [6.45, 7) is 0.390. The van der Waals surface area contributed by atoms with Crippen LogP contribution >= 0.6 is 11.6 Å². The maximum atomic E-state index is 12.1. The highest BCUT2D eigenvalue weighted by Gasteiger charge is 2.13. The largest absolute Gasteiger partial charge is 0.496 e. The van der Waals surface area contributed by atoms with Crippen LogP contribution < -0.4 is 4.74 Å². The predicted molar refractivity (Wildman–Crippen MR) is 78.4 cm³/mol. The number of benzene rings is 2. The monoisotopic (exact) mass is 290 g/mol. The van der Waals surface area contributed by atoms with E-state index in [4.69, 9.17) is 21.1 Å². The molecule has 0 saturated carbocycles. The fraction of sp³-hybridized carbons (Fsp3) is 0.188. The van der Waals surface area contributed by atoms with Gasteiger partial charge >= 0.3 is 0 Å². The Balaban J connectivity index is 1.97. The van der Waals surface area contributed by atoms with Crippen LogP contribution in [0.1, 0.15) is 15.9 Å². The van der Waals surface area contributed by atoms with E-state index in [0.717, 1.165) is 5.56 Å². The van der Waals surface area contributed by atoms with Crippen molar-refractivity contribution in [1.29, 1.82) is 0 Å². The van der Waals surface area contributed by atoms with Crippen LogP contribution in [0.2, 0.25) is 5.02 Å². The van der Waals surface area contributed by atoms with Gasteiger partial charge in [0.1, 0.15) is 12.4 Å². The molecule has 0 heterocycles. The van der Waals surface area contributed by atoms with E-state index in [1.807, 2.05) is 30.3 Å². The number of Topliss-reactive ketones (excluding diaryl/α,β-unsaturated/α-hetero) is 1. The minimum atomic E-state index is -0.153. The molecule has 0 bridgehead atoms. The molecule has 0 aliphatic heterocycles. The van der Waals surface area contributed by atoms with E-state index in [0.29, 0.717) is 22.9 Å². The summed E-state index contributed by atoms with van der Waals surface area (Å²) in [5.74, 6) is 0.350. The quantitative estimate of drug-likeness (QED) is 0.760. The van der Waals surface area contributed by atoms with Crippen LogP contribution in [0.25, 0.3) is 0 Å². The second kappa shape index (κ2) is 7.08. The third-order valence-corrected chi connectivity index (χ3v) is 3.04. The summed E-state index contributed by atoms with van der Waals surface area (Å²) in [7, 11) is 1.52. The van der Waals surface area contributed by atoms with Crippen LogP contribution in [-0.2, 0) is 11.3 Å². The lowest BCUT2D eigenvalue weighted by molar-refractivity contribution is 0.0724. The van der Waals surface area contributed by atoms with Gasteiger partial charge in [-0.15, -0.1) is 0 Å². The highest BCUT2D eigenvalue weighted by Crippen LogP contribution is 2.23. The standard InChI is InChI=1S/C16H15ClO3/c1-19-16-8-7-13(17)9-14(16)15(18)11-20-10-12-5-3-2-4-6-12/h2-9H,10-11H2,1H3. The molecule has 0 saturated heterocycles. The van der Waals surface area contributed by atoms with Crippen molar-refractivity contribution in [3.8, 4) is 5.75 Å². The Bertz CT molecular complexity index is 582. The van der Waals surface area contributed by atoms with Gasteiger partial charge in [0.25, 0.3) is 0 Å². The van der Waals surface area contributed by atoms with E-state index >= 15 is 0 Å². The topological polar surface area (TPSA) is 35.5 Å². The van der Waals surface area contributed by atoms with Gasteiger partial charge in [-0.1, -0.05) is 41.9 Å². The summed E-state index contributed by atoms with van der Waals surface area (Å²) in [6, 6.07) is 14.6. The molecule has 2 aromatic rings. The van der Waals surface area contributed by atoms with E-state index in [1.54, 1.807) is 18.2 Å². The molecule has 2 aromatic carbocycles. The molecule has 3 nitrogen and oxygen atoms in total. The number of hydrogen-bond acceptors (Lipinski definition) is 3. The Labute approximate surface area is 123 Å².